The number of halogens is 1. The highest BCUT2D eigenvalue weighted by atomic mass is 35.5. The van der Waals surface area contributed by atoms with Crippen LogP contribution in [0.4, 0.5) is 5.69 Å². The Morgan fingerprint density at radius 3 is 2.11 bits per heavy atom. The first-order valence-corrected chi connectivity index (χ1v) is 10.6. The van der Waals surface area contributed by atoms with Gasteiger partial charge in [-0.05, 0) is 82.1 Å². The zero-order valence-corrected chi connectivity index (χ0v) is 18.2. The van der Waals surface area contributed by atoms with E-state index in [1.807, 2.05) is 13.8 Å². The third kappa shape index (κ3) is 6.22. The number of carbonyl (C=O) groups is 1. The average molecular weight is 425 g/mol. The molecule has 0 heterocycles. The van der Waals surface area contributed by atoms with E-state index in [0.717, 1.165) is 11.1 Å². The summed E-state index contributed by atoms with van der Waals surface area (Å²) in [4.78, 5) is 12.2. The third-order valence-electron chi connectivity index (χ3n) is 3.67. The Morgan fingerprint density at radius 2 is 1.61 bits per heavy atom. The number of ether oxygens (including phenoxy) is 1. The summed E-state index contributed by atoms with van der Waals surface area (Å²) in [5.41, 5.74) is 1.64. The molecule has 0 aromatic heterocycles. The minimum absolute atomic E-state index is 0.129. The second-order valence-corrected chi connectivity index (χ2v) is 9.65. The van der Waals surface area contributed by atoms with Crippen molar-refractivity contribution in [3.8, 4) is 5.75 Å². The van der Waals surface area contributed by atoms with Crippen LogP contribution in [0.2, 0.25) is 5.02 Å². The van der Waals surface area contributed by atoms with Crippen molar-refractivity contribution >= 4 is 33.2 Å². The standard InChI is InChI=1S/C20H25ClN2O4S/c1-13-10-16(11-14(2)19(13)21)27-12-18(24)22-15-6-8-17(9-7-15)28(25,26)23-20(3,4)5/h6-11,23H,12H2,1-5H3,(H,22,24). The van der Waals surface area contributed by atoms with Crippen molar-refractivity contribution in [1.82, 2.24) is 4.72 Å². The molecule has 2 N–H and O–H groups in total. The summed E-state index contributed by atoms with van der Waals surface area (Å²) in [7, 11) is -3.62. The van der Waals surface area contributed by atoms with Crippen molar-refractivity contribution in [2.24, 2.45) is 0 Å². The zero-order chi connectivity index (χ0) is 21.1. The Kier molecular flexibility index (Phi) is 6.75. The van der Waals surface area contributed by atoms with Gasteiger partial charge in [0.1, 0.15) is 5.75 Å². The zero-order valence-electron chi connectivity index (χ0n) is 16.6. The van der Waals surface area contributed by atoms with Gasteiger partial charge < -0.3 is 10.1 Å². The van der Waals surface area contributed by atoms with Gasteiger partial charge in [0.15, 0.2) is 6.61 Å². The molecule has 0 radical (unpaired) electrons. The number of sulfonamides is 1. The maximum atomic E-state index is 12.3. The maximum Gasteiger partial charge on any atom is 0.262 e. The Balaban J connectivity index is 1.98. The van der Waals surface area contributed by atoms with E-state index in [2.05, 4.69) is 10.0 Å². The van der Waals surface area contributed by atoms with Crippen molar-refractivity contribution in [2.45, 2.75) is 45.1 Å². The summed E-state index contributed by atoms with van der Waals surface area (Å²) < 4.78 is 32.7. The number of hydrogen-bond donors (Lipinski definition) is 2. The van der Waals surface area contributed by atoms with Crippen LogP contribution >= 0.6 is 11.6 Å². The molecule has 0 saturated heterocycles. The Bertz CT molecular complexity index is 942. The number of carbonyl (C=O) groups excluding carboxylic acids is 1. The van der Waals surface area contributed by atoms with Crippen molar-refractivity contribution < 1.29 is 17.9 Å². The molecule has 6 nitrogen and oxygen atoms in total. The number of benzene rings is 2. The molecule has 2 rings (SSSR count). The SMILES string of the molecule is Cc1cc(OCC(=O)Nc2ccc(S(=O)(=O)NC(C)(C)C)cc2)cc(C)c1Cl. The van der Waals surface area contributed by atoms with Crippen LogP contribution in [0, 0.1) is 13.8 Å². The van der Waals surface area contributed by atoms with Gasteiger partial charge in [0, 0.05) is 16.2 Å². The Labute approximate surface area is 171 Å². The summed E-state index contributed by atoms with van der Waals surface area (Å²) >= 11 is 6.12. The Morgan fingerprint density at radius 1 is 1.07 bits per heavy atom. The van der Waals surface area contributed by atoms with Crippen molar-refractivity contribution in [2.75, 3.05) is 11.9 Å². The molecule has 2 aromatic carbocycles. The van der Waals surface area contributed by atoms with E-state index in [1.165, 1.54) is 24.3 Å². The van der Waals surface area contributed by atoms with Crippen molar-refractivity contribution in [3.63, 3.8) is 0 Å². The fourth-order valence-electron chi connectivity index (χ4n) is 2.51. The summed E-state index contributed by atoms with van der Waals surface area (Å²) in [6.07, 6.45) is 0. The van der Waals surface area contributed by atoms with E-state index in [1.54, 1.807) is 32.9 Å². The fraction of sp³-hybridized carbons (Fsp3) is 0.350. The molecule has 0 aliphatic carbocycles. The lowest BCUT2D eigenvalue weighted by molar-refractivity contribution is -0.118. The van der Waals surface area contributed by atoms with Gasteiger partial charge in [0.05, 0.1) is 4.90 Å². The summed E-state index contributed by atoms with van der Waals surface area (Å²) in [6.45, 7) is 8.86. The smallest absolute Gasteiger partial charge is 0.262 e. The summed E-state index contributed by atoms with van der Waals surface area (Å²) in [5, 5.41) is 3.35. The minimum Gasteiger partial charge on any atom is -0.484 e. The first-order chi connectivity index (χ1) is 12.9. The number of rotatable bonds is 6. The van der Waals surface area contributed by atoms with E-state index >= 15 is 0 Å². The average Bonchev–Trinajstić information content (AvgIpc) is 2.56. The molecule has 0 fully saturated rings. The van der Waals surface area contributed by atoms with Gasteiger partial charge in [-0.2, -0.15) is 0 Å². The fourth-order valence-corrected chi connectivity index (χ4v) is 4.04. The first kappa shape index (κ1) is 22.2. The van der Waals surface area contributed by atoms with Crippen LogP contribution in [0.3, 0.4) is 0 Å². The molecule has 0 saturated carbocycles. The molecular weight excluding hydrogens is 400 g/mol. The van der Waals surface area contributed by atoms with Gasteiger partial charge in [-0.25, -0.2) is 13.1 Å². The van der Waals surface area contributed by atoms with E-state index < -0.39 is 15.6 Å². The number of anilines is 1. The van der Waals surface area contributed by atoms with E-state index in [4.69, 9.17) is 16.3 Å². The predicted molar refractivity (Wildman–Crippen MR) is 112 cm³/mol. The third-order valence-corrected chi connectivity index (χ3v) is 6.04. The quantitative estimate of drug-likeness (QED) is 0.732. The molecule has 0 atom stereocenters. The van der Waals surface area contributed by atoms with Gasteiger partial charge in [-0.3, -0.25) is 4.79 Å². The second-order valence-electron chi connectivity index (χ2n) is 7.59. The molecule has 152 valence electrons. The van der Waals surface area contributed by atoms with Crippen LogP contribution in [0.1, 0.15) is 31.9 Å². The Hall–Kier alpha value is -2.09. The highest BCUT2D eigenvalue weighted by Crippen LogP contribution is 2.25. The summed E-state index contributed by atoms with van der Waals surface area (Å²) in [5.74, 6) is 0.206. The normalized spacial score (nSPS) is 11.9. The molecule has 1 amide bonds. The lowest BCUT2D eigenvalue weighted by atomic mass is 10.1. The second kappa shape index (κ2) is 8.51. The molecule has 0 aliphatic rings. The first-order valence-electron chi connectivity index (χ1n) is 8.71. The molecule has 8 heteroatoms. The highest BCUT2D eigenvalue weighted by molar-refractivity contribution is 7.89. The van der Waals surface area contributed by atoms with Crippen molar-refractivity contribution in [3.05, 3.63) is 52.5 Å². The van der Waals surface area contributed by atoms with E-state index in [0.29, 0.717) is 16.5 Å². The molecule has 0 unspecified atom stereocenters. The van der Waals surface area contributed by atoms with Crippen LogP contribution in [0.25, 0.3) is 0 Å². The molecule has 0 spiro atoms. The van der Waals surface area contributed by atoms with Crippen molar-refractivity contribution in [1.29, 1.82) is 0 Å². The highest BCUT2D eigenvalue weighted by Gasteiger charge is 2.21. The molecule has 0 bridgehead atoms. The number of hydrogen-bond acceptors (Lipinski definition) is 4. The van der Waals surface area contributed by atoms with Crippen LogP contribution in [-0.2, 0) is 14.8 Å². The van der Waals surface area contributed by atoms with E-state index in [9.17, 15) is 13.2 Å². The maximum absolute atomic E-state index is 12.3. The van der Waals surface area contributed by atoms with Gasteiger partial charge in [-0.15, -0.1) is 0 Å². The molecular formula is C20H25ClN2O4S. The van der Waals surface area contributed by atoms with Gasteiger partial charge in [0.2, 0.25) is 10.0 Å². The lowest BCUT2D eigenvalue weighted by Crippen LogP contribution is -2.40. The topological polar surface area (TPSA) is 84.5 Å². The molecule has 28 heavy (non-hydrogen) atoms. The van der Waals surface area contributed by atoms with Gasteiger partial charge in [0.25, 0.3) is 5.91 Å². The van der Waals surface area contributed by atoms with Crippen LogP contribution < -0.4 is 14.8 Å². The molecule has 2 aromatic rings. The van der Waals surface area contributed by atoms with E-state index in [-0.39, 0.29) is 17.4 Å². The lowest BCUT2D eigenvalue weighted by Gasteiger charge is -2.20. The predicted octanol–water partition coefficient (Wildman–Crippen LogP) is 4.05. The van der Waals surface area contributed by atoms with Crippen LogP contribution in [-0.4, -0.2) is 26.5 Å². The minimum atomic E-state index is -3.62. The molecule has 0 aliphatic heterocycles. The van der Waals surface area contributed by atoms with Crippen LogP contribution in [0.15, 0.2) is 41.3 Å². The number of aryl methyl sites for hydroxylation is 2. The monoisotopic (exact) mass is 424 g/mol. The van der Waals surface area contributed by atoms with Gasteiger partial charge >= 0.3 is 0 Å². The van der Waals surface area contributed by atoms with Gasteiger partial charge in [-0.1, -0.05) is 11.6 Å². The largest absolute Gasteiger partial charge is 0.484 e. The number of nitrogens with one attached hydrogen (secondary N) is 2. The summed E-state index contributed by atoms with van der Waals surface area (Å²) in [6, 6.07) is 9.49. The van der Waals surface area contributed by atoms with Crippen LogP contribution in [0.5, 0.6) is 5.75 Å². The number of amides is 1.